The van der Waals surface area contributed by atoms with Crippen molar-refractivity contribution in [1.29, 1.82) is 0 Å². The first-order chi connectivity index (χ1) is 7.88. The van der Waals surface area contributed by atoms with Crippen molar-refractivity contribution < 1.29 is 21.7 Å². The third kappa shape index (κ3) is 2.52. The molecule has 17 heavy (non-hydrogen) atoms. The minimum Gasteiger partial charge on any atom is -0.768 e. The quantitative estimate of drug-likeness (QED) is 0.656. The van der Waals surface area contributed by atoms with E-state index in [0.717, 1.165) is 0 Å². The van der Waals surface area contributed by atoms with Gasteiger partial charge < -0.3 is 4.55 Å². The number of hydrogen-bond donors (Lipinski definition) is 1. The molecule has 0 aliphatic heterocycles. The molecular weight excluding hydrogens is 264 g/mol. The van der Waals surface area contributed by atoms with Crippen LogP contribution in [0.2, 0.25) is 0 Å². The second kappa shape index (κ2) is 4.19. The second-order valence-electron chi connectivity index (χ2n) is 3.38. The highest BCUT2D eigenvalue weighted by atomic mass is 32.2. The van der Waals surface area contributed by atoms with Crippen LogP contribution in [0, 0.1) is 0 Å². The van der Waals surface area contributed by atoms with Crippen LogP contribution in [0.25, 0.3) is 10.8 Å². The monoisotopic (exact) mass is 271 g/mol. The Morgan fingerprint density at radius 1 is 1.06 bits per heavy atom. The minimum absolute atomic E-state index is 0.0602. The summed E-state index contributed by atoms with van der Waals surface area (Å²) in [6.07, 6.45) is 0. The Labute approximate surface area is 100 Å². The summed E-state index contributed by atoms with van der Waals surface area (Å²) in [5.74, 6) is 0. The summed E-state index contributed by atoms with van der Waals surface area (Å²) in [4.78, 5) is -0.205. The Kier molecular flexibility index (Phi) is 3.00. The lowest BCUT2D eigenvalue weighted by Gasteiger charge is -2.07. The Balaban J connectivity index is 2.71. The van der Waals surface area contributed by atoms with Crippen molar-refractivity contribution in [2.24, 2.45) is 0 Å². The Morgan fingerprint density at radius 3 is 2.29 bits per heavy atom. The molecule has 0 aromatic heterocycles. The van der Waals surface area contributed by atoms with E-state index >= 15 is 0 Å². The molecule has 0 saturated carbocycles. The van der Waals surface area contributed by atoms with E-state index in [-0.39, 0.29) is 9.79 Å². The van der Waals surface area contributed by atoms with E-state index in [4.69, 9.17) is 4.55 Å². The molecule has 0 amide bonds. The predicted molar refractivity (Wildman–Crippen MR) is 60.9 cm³/mol. The molecule has 90 valence electrons. The van der Waals surface area contributed by atoms with Gasteiger partial charge in [-0.25, -0.2) is 0 Å². The van der Waals surface area contributed by atoms with Crippen molar-refractivity contribution in [3.05, 3.63) is 36.4 Å². The van der Waals surface area contributed by atoms with Crippen LogP contribution in [0.5, 0.6) is 0 Å². The molecule has 0 heterocycles. The molecular formula is C10H7O5S2-. The molecule has 0 fully saturated rings. The van der Waals surface area contributed by atoms with Gasteiger partial charge in [0.25, 0.3) is 10.1 Å². The highest BCUT2D eigenvalue weighted by Gasteiger charge is 2.09. The molecule has 5 nitrogen and oxygen atoms in total. The molecule has 0 bridgehead atoms. The molecule has 0 radical (unpaired) electrons. The predicted octanol–water partition coefficient (Wildman–Crippen LogP) is 1.32. The van der Waals surface area contributed by atoms with Gasteiger partial charge in [-0.15, -0.1) is 0 Å². The average molecular weight is 271 g/mol. The highest BCUT2D eigenvalue weighted by molar-refractivity contribution is 7.85. The van der Waals surface area contributed by atoms with Crippen LogP contribution in [0.15, 0.2) is 46.2 Å². The van der Waals surface area contributed by atoms with Gasteiger partial charge in [0.15, 0.2) is 0 Å². The van der Waals surface area contributed by atoms with Crippen LogP contribution < -0.4 is 0 Å². The van der Waals surface area contributed by atoms with E-state index in [1.54, 1.807) is 6.07 Å². The topological polar surface area (TPSA) is 94.5 Å². The molecule has 1 N–H and O–H groups in total. The van der Waals surface area contributed by atoms with E-state index in [1.165, 1.54) is 30.3 Å². The Bertz CT molecular complexity index is 706. The zero-order chi connectivity index (χ0) is 12.6. The molecule has 0 aliphatic carbocycles. The third-order valence-electron chi connectivity index (χ3n) is 2.27. The van der Waals surface area contributed by atoms with Gasteiger partial charge in [0.1, 0.15) is 0 Å². The normalized spacial score (nSPS) is 13.8. The summed E-state index contributed by atoms with van der Waals surface area (Å²) < 4.78 is 52.3. The van der Waals surface area contributed by atoms with Crippen LogP contribution in [-0.2, 0) is 21.2 Å². The lowest BCUT2D eigenvalue weighted by Crippen LogP contribution is -1.97. The van der Waals surface area contributed by atoms with Gasteiger partial charge in [-0.3, -0.25) is 8.76 Å². The standard InChI is InChI=1S/C10H8O5S2/c11-16(12)9-3-1-7-2-4-10(17(13,14)15)6-8(7)5-9/h1-6H,(H,11,12)(H,13,14,15)/p-1. The van der Waals surface area contributed by atoms with Crippen molar-refractivity contribution in [3.63, 3.8) is 0 Å². The fraction of sp³-hybridized carbons (Fsp3) is 0. The minimum atomic E-state index is -4.28. The first kappa shape index (κ1) is 12.2. The van der Waals surface area contributed by atoms with Crippen LogP contribution in [-0.4, -0.2) is 21.7 Å². The van der Waals surface area contributed by atoms with Crippen LogP contribution >= 0.6 is 0 Å². The molecule has 2 aromatic rings. The first-order valence-electron chi connectivity index (χ1n) is 4.48. The summed E-state index contributed by atoms with van der Waals surface area (Å²) in [5, 5.41) is 1.12. The maximum atomic E-state index is 10.9. The third-order valence-corrected chi connectivity index (χ3v) is 3.76. The average Bonchev–Trinajstić information content (AvgIpc) is 2.26. The number of benzene rings is 2. The molecule has 0 aliphatic rings. The van der Waals surface area contributed by atoms with Gasteiger partial charge in [0.05, 0.1) is 4.90 Å². The number of hydrogen-bond acceptors (Lipinski definition) is 4. The first-order valence-corrected chi connectivity index (χ1v) is 7.00. The zero-order valence-electron chi connectivity index (χ0n) is 8.36. The smallest absolute Gasteiger partial charge is 0.294 e. The van der Waals surface area contributed by atoms with Crippen molar-refractivity contribution in [1.82, 2.24) is 0 Å². The molecule has 2 aromatic carbocycles. The van der Waals surface area contributed by atoms with Crippen LogP contribution in [0.1, 0.15) is 0 Å². The molecule has 2 rings (SSSR count). The molecule has 1 unspecified atom stereocenters. The van der Waals surface area contributed by atoms with Gasteiger partial charge in [-0.1, -0.05) is 12.1 Å². The van der Waals surface area contributed by atoms with E-state index < -0.39 is 21.2 Å². The zero-order valence-corrected chi connectivity index (χ0v) is 9.99. The number of rotatable bonds is 2. The van der Waals surface area contributed by atoms with E-state index in [1.807, 2.05) is 0 Å². The van der Waals surface area contributed by atoms with Gasteiger partial charge in [0.2, 0.25) is 0 Å². The van der Waals surface area contributed by atoms with Crippen molar-refractivity contribution >= 4 is 32.0 Å². The SMILES string of the molecule is O=S([O-])c1ccc2ccc(S(=O)(=O)O)cc2c1. The fourth-order valence-electron chi connectivity index (χ4n) is 1.47. The van der Waals surface area contributed by atoms with E-state index in [9.17, 15) is 17.2 Å². The lowest BCUT2D eigenvalue weighted by atomic mass is 10.1. The highest BCUT2D eigenvalue weighted by Crippen LogP contribution is 2.21. The maximum absolute atomic E-state index is 10.9. The summed E-state index contributed by atoms with van der Waals surface area (Å²) in [7, 11) is -4.28. The summed E-state index contributed by atoms with van der Waals surface area (Å²) in [6.45, 7) is 0. The molecule has 0 saturated heterocycles. The van der Waals surface area contributed by atoms with Crippen molar-refractivity contribution in [3.8, 4) is 0 Å². The summed E-state index contributed by atoms with van der Waals surface area (Å²) in [6, 6.07) is 8.29. The van der Waals surface area contributed by atoms with Crippen LogP contribution in [0.4, 0.5) is 0 Å². The van der Waals surface area contributed by atoms with Crippen molar-refractivity contribution in [2.75, 3.05) is 0 Å². The Morgan fingerprint density at radius 2 is 1.71 bits per heavy atom. The van der Waals surface area contributed by atoms with E-state index in [2.05, 4.69) is 0 Å². The maximum Gasteiger partial charge on any atom is 0.294 e. The fourth-order valence-corrected chi connectivity index (χ4v) is 2.39. The number of fused-ring (bicyclic) bond motifs is 1. The largest absolute Gasteiger partial charge is 0.768 e. The van der Waals surface area contributed by atoms with Gasteiger partial charge in [-0.05, 0) is 46.1 Å². The van der Waals surface area contributed by atoms with Gasteiger partial charge in [-0.2, -0.15) is 8.42 Å². The summed E-state index contributed by atoms with van der Waals surface area (Å²) >= 11 is -2.37. The van der Waals surface area contributed by atoms with Gasteiger partial charge in [0, 0.05) is 4.90 Å². The van der Waals surface area contributed by atoms with Crippen molar-refractivity contribution in [2.45, 2.75) is 9.79 Å². The summed E-state index contributed by atoms with van der Waals surface area (Å²) in [5.41, 5.74) is 0. The Hall–Kier alpha value is -1.28. The lowest BCUT2D eigenvalue weighted by molar-refractivity contribution is 0.483. The second-order valence-corrected chi connectivity index (χ2v) is 5.74. The van der Waals surface area contributed by atoms with E-state index in [0.29, 0.717) is 10.8 Å². The molecule has 1 atom stereocenters. The van der Waals surface area contributed by atoms with Crippen LogP contribution in [0.3, 0.4) is 0 Å². The molecule has 0 spiro atoms. The molecule has 7 heteroatoms. The van der Waals surface area contributed by atoms with Gasteiger partial charge >= 0.3 is 0 Å².